The zero-order valence-electron chi connectivity index (χ0n) is 21.0. The second-order valence-corrected chi connectivity index (χ2v) is 9.68. The lowest BCUT2D eigenvalue weighted by Crippen LogP contribution is -2.10. The monoisotopic (exact) mass is 474 g/mol. The fourth-order valence-electron chi connectivity index (χ4n) is 5.04. The normalized spacial score (nSPS) is 14.8. The standard InChI is InChI=1S/C29H34N2O4/c1-19-10-12-24(30(2)3)15-22(19)14-23(28(32)33)17-31-18-26(20-8-6-5-7-9-20)25-13-11-21(16-27(25)31)29(34)35-4/h10-16,18,20H,5-9,17H2,1-4H3,(H,32,33)/b23-14+. The van der Waals surface area contributed by atoms with Crippen molar-refractivity contribution in [2.24, 2.45) is 0 Å². The van der Waals surface area contributed by atoms with E-state index in [4.69, 9.17) is 4.74 Å². The molecule has 1 aliphatic rings. The minimum absolute atomic E-state index is 0.203. The van der Waals surface area contributed by atoms with Crippen LogP contribution in [0.15, 0.2) is 48.2 Å². The topological polar surface area (TPSA) is 71.8 Å². The smallest absolute Gasteiger partial charge is 0.337 e. The van der Waals surface area contributed by atoms with Gasteiger partial charge in [-0.3, -0.25) is 0 Å². The van der Waals surface area contributed by atoms with Crippen LogP contribution in [-0.4, -0.2) is 42.8 Å². The van der Waals surface area contributed by atoms with Gasteiger partial charge in [-0.1, -0.05) is 31.4 Å². The maximum absolute atomic E-state index is 12.3. The van der Waals surface area contributed by atoms with Gasteiger partial charge in [0.05, 0.1) is 24.8 Å². The van der Waals surface area contributed by atoms with Crippen molar-refractivity contribution < 1.29 is 19.4 Å². The van der Waals surface area contributed by atoms with Crippen LogP contribution < -0.4 is 4.90 Å². The molecule has 0 bridgehead atoms. The average molecular weight is 475 g/mol. The minimum atomic E-state index is -0.954. The van der Waals surface area contributed by atoms with Gasteiger partial charge in [-0.2, -0.15) is 0 Å². The van der Waals surface area contributed by atoms with Gasteiger partial charge in [-0.15, -0.1) is 0 Å². The second-order valence-electron chi connectivity index (χ2n) is 9.68. The van der Waals surface area contributed by atoms with Crippen molar-refractivity contribution in [1.82, 2.24) is 4.57 Å². The summed E-state index contributed by atoms with van der Waals surface area (Å²) in [6.07, 6.45) is 9.81. The summed E-state index contributed by atoms with van der Waals surface area (Å²) in [6, 6.07) is 11.7. The number of carboxylic acids is 1. The van der Waals surface area contributed by atoms with E-state index in [0.717, 1.165) is 40.6 Å². The van der Waals surface area contributed by atoms with Crippen molar-refractivity contribution in [3.05, 3.63) is 70.4 Å². The summed E-state index contributed by atoms with van der Waals surface area (Å²) in [5.74, 6) is -0.901. The van der Waals surface area contributed by atoms with Gasteiger partial charge in [0.1, 0.15) is 0 Å². The first-order chi connectivity index (χ1) is 16.8. The lowest BCUT2D eigenvalue weighted by molar-refractivity contribution is -0.132. The summed E-state index contributed by atoms with van der Waals surface area (Å²) in [7, 11) is 5.30. The van der Waals surface area contributed by atoms with E-state index in [1.807, 2.05) is 60.8 Å². The zero-order valence-corrected chi connectivity index (χ0v) is 21.0. The Bertz CT molecular complexity index is 1280. The molecule has 0 aliphatic heterocycles. The molecule has 184 valence electrons. The highest BCUT2D eigenvalue weighted by Gasteiger charge is 2.22. The van der Waals surface area contributed by atoms with Crippen LogP contribution in [0.2, 0.25) is 0 Å². The van der Waals surface area contributed by atoms with Gasteiger partial charge in [0, 0.05) is 36.9 Å². The molecule has 1 fully saturated rings. The number of methoxy groups -OCH3 is 1. The summed E-state index contributed by atoms with van der Waals surface area (Å²) >= 11 is 0. The van der Waals surface area contributed by atoms with Crippen LogP contribution in [0, 0.1) is 6.92 Å². The quantitative estimate of drug-likeness (QED) is 0.335. The number of aliphatic carboxylic acids is 1. The van der Waals surface area contributed by atoms with Crippen LogP contribution in [0.5, 0.6) is 0 Å². The van der Waals surface area contributed by atoms with Crippen molar-refractivity contribution in [3.63, 3.8) is 0 Å². The number of ether oxygens (including phenoxy) is 1. The molecule has 1 heterocycles. The first kappa shape index (κ1) is 24.6. The maximum atomic E-state index is 12.3. The van der Waals surface area contributed by atoms with Crippen molar-refractivity contribution in [2.75, 3.05) is 26.1 Å². The largest absolute Gasteiger partial charge is 0.478 e. The highest BCUT2D eigenvalue weighted by Crippen LogP contribution is 2.38. The Morgan fingerprint density at radius 1 is 1.11 bits per heavy atom. The Hall–Kier alpha value is -3.54. The van der Waals surface area contributed by atoms with Crippen molar-refractivity contribution >= 4 is 34.6 Å². The van der Waals surface area contributed by atoms with Crippen LogP contribution in [0.1, 0.15) is 65.1 Å². The molecule has 0 amide bonds. The van der Waals surface area contributed by atoms with E-state index < -0.39 is 11.9 Å². The first-order valence-corrected chi connectivity index (χ1v) is 12.2. The predicted molar refractivity (Wildman–Crippen MR) is 140 cm³/mol. The molecule has 6 nitrogen and oxygen atoms in total. The molecule has 1 aromatic heterocycles. The molecule has 35 heavy (non-hydrogen) atoms. The number of rotatable bonds is 7. The third-order valence-corrected chi connectivity index (χ3v) is 7.10. The SMILES string of the molecule is COC(=O)c1ccc2c(C3CCCCC3)cn(C/C(=C\c3cc(N(C)C)ccc3C)C(=O)O)c2c1. The summed E-state index contributed by atoms with van der Waals surface area (Å²) in [4.78, 5) is 26.6. The molecule has 0 atom stereocenters. The lowest BCUT2D eigenvalue weighted by Gasteiger charge is -2.21. The summed E-state index contributed by atoms with van der Waals surface area (Å²) in [5.41, 5.74) is 5.77. The lowest BCUT2D eigenvalue weighted by atomic mass is 9.84. The first-order valence-electron chi connectivity index (χ1n) is 12.2. The molecule has 0 unspecified atom stereocenters. The van der Waals surface area contributed by atoms with Gasteiger partial charge in [0.25, 0.3) is 0 Å². The number of aryl methyl sites for hydroxylation is 1. The highest BCUT2D eigenvalue weighted by atomic mass is 16.5. The van der Waals surface area contributed by atoms with Crippen LogP contribution in [0.3, 0.4) is 0 Å². The molecule has 1 aliphatic carbocycles. The van der Waals surface area contributed by atoms with Gasteiger partial charge in [-0.05, 0) is 72.7 Å². The Morgan fingerprint density at radius 2 is 1.86 bits per heavy atom. The van der Waals surface area contributed by atoms with E-state index in [9.17, 15) is 14.7 Å². The third kappa shape index (κ3) is 5.26. The summed E-state index contributed by atoms with van der Waals surface area (Å²) in [6.45, 7) is 2.19. The molecule has 0 saturated heterocycles. The van der Waals surface area contributed by atoms with E-state index in [-0.39, 0.29) is 6.54 Å². The second kappa shape index (κ2) is 10.4. The molecule has 3 aromatic rings. The van der Waals surface area contributed by atoms with Gasteiger partial charge in [-0.25, -0.2) is 9.59 Å². The van der Waals surface area contributed by atoms with Crippen molar-refractivity contribution in [2.45, 2.75) is 51.5 Å². The predicted octanol–water partition coefficient (Wildman–Crippen LogP) is 6.02. The number of aromatic nitrogens is 1. The Kier molecular flexibility index (Phi) is 7.29. The van der Waals surface area contributed by atoms with Crippen LogP contribution in [-0.2, 0) is 16.1 Å². The Morgan fingerprint density at radius 3 is 2.51 bits per heavy atom. The average Bonchev–Trinajstić information content (AvgIpc) is 3.22. The zero-order chi connectivity index (χ0) is 25.1. The van der Waals surface area contributed by atoms with Gasteiger partial charge >= 0.3 is 11.9 Å². The van der Waals surface area contributed by atoms with Crippen molar-refractivity contribution in [3.8, 4) is 0 Å². The van der Waals surface area contributed by atoms with E-state index >= 15 is 0 Å². The van der Waals surface area contributed by atoms with Crippen molar-refractivity contribution in [1.29, 1.82) is 0 Å². The van der Waals surface area contributed by atoms with E-state index in [1.54, 1.807) is 12.1 Å². The van der Waals surface area contributed by atoms with Gasteiger partial charge in [0.2, 0.25) is 0 Å². The molecule has 0 spiro atoms. The highest BCUT2D eigenvalue weighted by molar-refractivity contribution is 5.96. The van der Waals surface area contributed by atoms with Crippen LogP contribution in [0.25, 0.3) is 17.0 Å². The summed E-state index contributed by atoms with van der Waals surface area (Å²) < 4.78 is 6.92. The fraction of sp³-hybridized carbons (Fsp3) is 0.379. The molecule has 2 aromatic carbocycles. The number of hydrogen-bond donors (Lipinski definition) is 1. The number of fused-ring (bicyclic) bond motifs is 1. The molecule has 1 saturated carbocycles. The molecule has 1 N–H and O–H groups in total. The third-order valence-electron chi connectivity index (χ3n) is 7.10. The molecular weight excluding hydrogens is 440 g/mol. The van der Waals surface area contributed by atoms with E-state index in [1.165, 1.54) is 31.9 Å². The number of benzene rings is 2. The van der Waals surface area contributed by atoms with E-state index in [2.05, 4.69) is 6.20 Å². The Balaban J connectivity index is 1.81. The number of anilines is 1. The Labute approximate surface area is 206 Å². The number of carbonyl (C=O) groups excluding carboxylic acids is 1. The number of nitrogens with zero attached hydrogens (tertiary/aromatic N) is 2. The number of hydrogen-bond acceptors (Lipinski definition) is 4. The minimum Gasteiger partial charge on any atom is -0.478 e. The fourth-order valence-corrected chi connectivity index (χ4v) is 5.04. The summed E-state index contributed by atoms with van der Waals surface area (Å²) in [5, 5.41) is 11.2. The number of carboxylic acid groups (broad SMARTS) is 1. The number of esters is 1. The van der Waals surface area contributed by atoms with Gasteiger partial charge < -0.3 is 19.3 Å². The molecule has 0 radical (unpaired) electrons. The van der Waals surface area contributed by atoms with Crippen LogP contribution in [0.4, 0.5) is 5.69 Å². The number of carbonyl (C=O) groups is 2. The molecular formula is C29H34N2O4. The maximum Gasteiger partial charge on any atom is 0.337 e. The molecule has 6 heteroatoms. The van der Waals surface area contributed by atoms with E-state index in [0.29, 0.717) is 17.1 Å². The van der Waals surface area contributed by atoms with Gasteiger partial charge in [0.15, 0.2) is 0 Å². The van der Waals surface area contributed by atoms with Crippen LogP contribution >= 0.6 is 0 Å². The molecule has 4 rings (SSSR count).